The third-order valence-corrected chi connectivity index (χ3v) is 4.74. The minimum absolute atomic E-state index is 0.164. The van der Waals surface area contributed by atoms with Crippen LogP contribution in [-0.4, -0.2) is 22.7 Å². The normalized spacial score (nSPS) is 10.5. The number of carboxylic acid groups (broad SMARTS) is 1. The van der Waals surface area contributed by atoms with Crippen LogP contribution in [-0.2, 0) is 13.2 Å². The standard InChI is InChI=1S/C22H20Cl2N2O4/c1-2-29-20-9-14(11-25-18-10-16(22(27)28)5-6-17(18)23)3-7-19(20)30-13-15-4-8-21(24)26-12-15/h3-10,12,25H,2,11,13H2,1H3,(H,27,28). The molecule has 0 amide bonds. The molecule has 0 aliphatic carbocycles. The van der Waals surface area contributed by atoms with E-state index in [1.165, 1.54) is 12.1 Å². The van der Waals surface area contributed by atoms with Crippen LogP contribution in [0.2, 0.25) is 10.2 Å². The maximum atomic E-state index is 11.2. The number of nitrogens with zero attached hydrogens (tertiary/aromatic N) is 1. The Kier molecular flexibility index (Phi) is 7.38. The predicted octanol–water partition coefficient (Wildman–Crippen LogP) is 5.68. The van der Waals surface area contributed by atoms with Gasteiger partial charge < -0.3 is 19.9 Å². The van der Waals surface area contributed by atoms with Gasteiger partial charge in [0.05, 0.1) is 22.9 Å². The Morgan fingerprint density at radius 2 is 1.83 bits per heavy atom. The average molecular weight is 447 g/mol. The van der Waals surface area contributed by atoms with Crippen molar-refractivity contribution in [3.63, 3.8) is 0 Å². The van der Waals surface area contributed by atoms with Crippen LogP contribution in [0.25, 0.3) is 0 Å². The van der Waals surface area contributed by atoms with Crippen molar-refractivity contribution in [1.29, 1.82) is 0 Å². The van der Waals surface area contributed by atoms with Crippen molar-refractivity contribution in [2.45, 2.75) is 20.1 Å². The zero-order valence-electron chi connectivity index (χ0n) is 16.2. The molecule has 0 atom stereocenters. The Morgan fingerprint density at radius 1 is 1.03 bits per heavy atom. The van der Waals surface area contributed by atoms with Gasteiger partial charge in [-0.25, -0.2) is 9.78 Å². The molecule has 1 heterocycles. The van der Waals surface area contributed by atoms with E-state index in [-0.39, 0.29) is 5.56 Å². The summed E-state index contributed by atoms with van der Waals surface area (Å²) in [6.45, 7) is 3.15. The number of hydrogen-bond donors (Lipinski definition) is 2. The number of pyridine rings is 1. The highest BCUT2D eigenvalue weighted by atomic mass is 35.5. The lowest BCUT2D eigenvalue weighted by Gasteiger charge is -2.15. The van der Waals surface area contributed by atoms with Gasteiger partial charge in [-0.15, -0.1) is 0 Å². The summed E-state index contributed by atoms with van der Waals surface area (Å²) >= 11 is 12.0. The van der Waals surface area contributed by atoms with Crippen LogP contribution in [0.3, 0.4) is 0 Å². The third-order valence-electron chi connectivity index (χ3n) is 4.19. The maximum absolute atomic E-state index is 11.2. The Labute approximate surface area is 184 Å². The Bertz CT molecular complexity index is 1030. The molecule has 3 aromatic rings. The van der Waals surface area contributed by atoms with Gasteiger partial charge in [-0.05, 0) is 48.9 Å². The molecular formula is C22H20Cl2N2O4. The molecule has 8 heteroatoms. The lowest BCUT2D eigenvalue weighted by Crippen LogP contribution is -2.04. The van der Waals surface area contributed by atoms with Gasteiger partial charge in [-0.1, -0.05) is 35.3 Å². The maximum Gasteiger partial charge on any atom is 0.335 e. The third kappa shape index (κ3) is 5.78. The number of anilines is 1. The summed E-state index contributed by atoms with van der Waals surface area (Å²) in [4.78, 5) is 15.2. The first-order chi connectivity index (χ1) is 14.5. The van der Waals surface area contributed by atoms with E-state index in [4.69, 9.17) is 37.8 Å². The first kappa shape index (κ1) is 21.7. The molecule has 0 spiro atoms. The zero-order valence-corrected chi connectivity index (χ0v) is 17.7. The van der Waals surface area contributed by atoms with Crippen LogP contribution in [0.5, 0.6) is 11.5 Å². The van der Waals surface area contributed by atoms with Crippen molar-refractivity contribution in [3.8, 4) is 11.5 Å². The highest BCUT2D eigenvalue weighted by Gasteiger charge is 2.10. The van der Waals surface area contributed by atoms with Crippen molar-refractivity contribution < 1.29 is 19.4 Å². The summed E-state index contributed by atoms with van der Waals surface area (Å²) in [5.41, 5.74) is 2.53. The lowest BCUT2D eigenvalue weighted by molar-refractivity contribution is 0.0697. The number of hydrogen-bond acceptors (Lipinski definition) is 5. The molecule has 0 saturated heterocycles. The summed E-state index contributed by atoms with van der Waals surface area (Å²) in [7, 11) is 0. The van der Waals surface area contributed by atoms with Gasteiger partial charge in [-0.3, -0.25) is 0 Å². The monoisotopic (exact) mass is 446 g/mol. The highest BCUT2D eigenvalue weighted by Crippen LogP contribution is 2.30. The molecular weight excluding hydrogens is 427 g/mol. The second kappa shape index (κ2) is 10.2. The number of carbonyl (C=O) groups is 1. The smallest absolute Gasteiger partial charge is 0.335 e. The molecule has 0 radical (unpaired) electrons. The molecule has 2 aromatic carbocycles. The quantitative estimate of drug-likeness (QED) is 0.411. The first-order valence-electron chi connectivity index (χ1n) is 9.22. The molecule has 3 rings (SSSR count). The Morgan fingerprint density at radius 3 is 2.53 bits per heavy atom. The van der Waals surface area contributed by atoms with E-state index in [0.29, 0.717) is 47.1 Å². The molecule has 0 fully saturated rings. The topological polar surface area (TPSA) is 80.7 Å². The van der Waals surface area contributed by atoms with E-state index in [9.17, 15) is 4.79 Å². The number of nitrogens with one attached hydrogen (secondary N) is 1. The number of ether oxygens (including phenoxy) is 2. The number of rotatable bonds is 9. The zero-order chi connectivity index (χ0) is 21.5. The first-order valence-corrected chi connectivity index (χ1v) is 9.97. The van der Waals surface area contributed by atoms with Crippen LogP contribution in [0.4, 0.5) is 5.69 Å². The fraction of sp³-hybridized carbons (Fsp3) is 0.182. The SMILES string of the molecule is CCOc1cc(CNc2cc(C(=O)O)ccc2Cl)ccc1OCc1ccc(Cl)nc1. The molecule has 0 unspecified atom stereocenters. The van der Waals surface area contributed by atoms with Crippen molar-refractivity contribution in [3.05, 3.63) is 81.6 Å². The van der Waals surface area contributed by atoms with E-state index in [2.05, 4.69) is 10.3 Å². The van der Waals surface area contributed by atoms with Crippen LogP contribution < -0.4 is 14.8 Å². The van der Waals surface area contributed by atoms with Gasteiger partial charge >= 0.3 is 5.97 Å². The Hall–Kier alpha value is -2.96. The van der Waals surface area contributed by atoms with E-state index < -0.39 is 5.97 Å². The summed E-state index contributed by atoms with van der Waals surface area (Å²) in [5, 5.41) is 13.2. The number of benzene rings is 2. The van der Waals surface area contributed by atoms with E-state index in [1.54, 1.807) is 18.3 Å². The highest BCUT2D eigenvalue weighted by molar-refractivity contribution is 6.33. The minimum atomic E-state index is -1.01. The van der Waals surface area contributed by atoms with Gasteiger partial charge in [-0.2, -0.15) is 0 Å². The fourth-order valence-corrected chi connectivity index (χ4v) is 2.99. The molecule has 0 aliphatic rings. The largest absolute Gasteiger partial charge is 0.490 e. The molecule has 0 aliphatic heterocycles. The van der Waals surface area contributed by atoms with Gasteiger partial charge in [0.25, 0.3) is 0 Å². The van der Waals surface area contributed by atoms with Gasteiger partial charge in [0.1, 0.15) is 11.8 Å². The number of halogens is 2. The Balaban J connectivity index is 1.70. The number of aromatic carboxylic acids is 1. The van der Waals surface area contributed by atoms with Crippen LogP contribution in [0, 0.1) is 0 Å². The van der Waals surface area contributed by atoms with E-state index in [1.807, 2.05) is 31.2 Å². The second-order valence-corrected chi connectivity index (χ2v) is 7.14. The molecule has 0 bridgehead atoms. The van der Waals surface area contributed by atoms with E-state index in [0.717, 1.165) is 11.1 Å². The average Bonchev–Trinajstić information content (AvgIpc) is 2.73. The summed E-state index contributed by atoms with van der Waals surface area (Å²) < 4.78 is 11.6. The minimum Gasteiger partial charge on any atom is -0.490 e. The van der Waals surface area contributed by atoms with Crippen LogP contribution in [0.15, 0.2) is 54.7 Å². The van der Waals surface area contributed by atoms with Crippen LogP contribution >= 0.6 is 23.2 Å². The fourth-order valence-electron chi connectivity index (χ4n) is 2.69. The van der Waals surface area contributed by atoms with Gasteiger partial charge in [0.2, 0.25) is 0 Å². The van der Waals surface area contributed by atoms with Gasteiger partial charge in [0, 0.05) is 18.3 Å². The summed E-state index contributed by atoms with van der Waals surface area (Å²) in [6.07, 6.45) is 1.66. The van der Waals surface area contributed by atoms with Crippen molar-refractivity contribution in [2.75, 3.05) is 11.9 Å². The molecule has 30 heavy (non-hydrogen) atoms. The summed E-state index contributed by atoms with van der Waals surface area (Å²) in [5.74, 6) is 0.219. The second-order valence-electron chi connectivity index (χ2n) is 6.35. The molecule has 156 valence electrons. The molecule has 0 saturated carbocycles. The molecule has 6 nitrogen and oxygen atoms in total. The van der Waals surface area contributed by atoms with Crippen molar-refractivity contribution >= 4 is 34.9 Å². The lowest BCUT2D eigenvalue weighted by atomic mass is 10.1. The van der Waals surface area contributed by atoms with Gasteiger partial charge in [0.15, 0.2) is 11.5 Å². The van der Waals surface area contributed by atoms with Crippen LogP contribution in [0.1, 0.15) is 28.4 Å². The van der Waals surface area contributed by atoms with E-state index >= 15 is 0 Å². The molecule has 1 aromatic heterocycles. The predicted molar refractivity (Wildman–Crippen MR) is 117 cm³/mol. The summed E-state index contributed by atoms with van der Waals surface area (Å²) in [6, 6.07) is 13.7. The number of carboxylic acids is 1. The number of aromatic nitrogens is 1. The van der Waals surface area contributed by atoms with Crippen molar-refractivity contribution in [1.82, 2.24) is 4.98 Å². The van der Waals surface area contributed by atoms with Crippen molar-refractivity contribution in [2.24, 2.45) is 0 Å². The molecule has 2 N–H and O–H groups in total.